The first kappa shape index (κ1) is 27.2. The number of halogens is 1. The van der Waals surface area contributed by atoms with E-state index in [1.165, 1.54) is 19.3 Å². The molecule has 166 valence electrons. The molecule has 1 unspecified atom stereocenters. The number of nitrogens with zero attached hydrogens (tertiary/aromatic N) is 2. The number of ether oxygens (including phenoxy) is 2. The Morgan fingerprint density at radius 2 is 1.93 bits per heavy atom. The zero-order chi connectivity index (χ0) is 20.5. The van der Waals surface area contributed by atoms with E-state index in [2.05, 4.69) is 22.5 Å². The molecular formula is C20H41IN4O3. The maximum absolute atomic E-state index is 12.1. The smallest absolute Gasteiger partial charge is 0.410 e. The fourth-order valence-electron chi connectivity index (χ4n) is 3.22. The molecule has 1 fully saturated rings. The molecule has 28 heavy (non-hydrogen) atoms. The SMILES string of the molecule is CN=C(NCC(C)CN(C)C(=O)OC(C)(C)C)NCC1(CCOC)CCC1.I. The summed E-state index contributed by atoms with van der Waals surface area (Å²) in [6, 6.07) is 0. The molecule has 0 spiro atoms. The largest absolute Gasteiger partial charge is 0.444 e. The van der Waals surface area contributed by atoms with Crippen LogP contribution in [-0.2, 0) is 9.47 Å². The number of amides is 1. The minimum absolute atomic E-state index is 0. The van der Waals surface area contributed by atoms with Gasteiger partial charge in [-0.3, -0.25) is 4.99 Å². The van der Waals surface area contributed by atoms with Crippen LogP contribution in [0.1, 0.15) is 53.4 Å². The van der Waals surface area contributed by atoms with Crippen molar-refractivity contribution in [3.8, 4) is 0 Å². The highest BCUT2D eigenvalue weighted by atomic mass is 127. The quantitative estimate of drug-likeness (QED) is 0.281. The van der Waals surface area contributed by atoms with Crippen LogP contribution in [0.4, 0.5) is 4.79 Å². The lowest BCUT2D eigenvalue weighted by Gasteiger charge is -2.42. The second-order valence-electron chi connectivity index (χ2n) is 8.87. The molecule has 2 N–H and O–H groups in total. The Hall–Kier alpha value is -0.770. The first-order valence-corrected chi connectivity index (χ1v) is 9.98. The summed E-state index contributed by atoms with van der Waals surface area (Å²) in [5, 5.41) is 6.83. The molecule has 0 aromatic carbocycles. The van der Waals surface area contributed by atoms with Gasteiger partial charge in [0.2, 0.25) is 0 Å². The van der Waals surface area contributed by atoms with Gasteiger partial charge in [-0.1, -0.05) is 13.3 Å². The fourth-order valence-corrected chi connectivity index (χ4v) is 3.22. The predicted molar refractivity (Wildman–Crippen MR) is 126 cm³/mol. The van der Waals surface area contributed by atoms with Crippen LogP contribution in [-0.4, -0.2) is 70.0 Å². The van der Waals surface area contributed by atoms with E-state index in [9.17, 15) is 4.79 Å². The van der Waals surface area contributed by atoms with E-state index in [0.29, 0.717) is 12.0 Å². The molecule has 1 atom stereocenters. The second kappa shape index (κ2) is 12.7. The van der Waals surface area contributed by atoms with E-state index in [0.717, 1.165) is 32.1 Å². The highest BCUT2D eigenvalue weighted by molar-refractivity contribution is 14.0. The van der Waals surface area contributed by atoms with Gasteiger partial charge in [-0.25, -0.2) is 4.79 Å². The number of hydrogen-bond acceptors (Lipinski definition) is 4. The first-order valence-electron chi connectivity index (χ1n) is 9.98. The molecule has 0 aliphatic heterocycles. The van der Waals surface area contributed by atoms with Crippen LogP contribution >= 0.6 is 24.0 Å². The van der Waals surface area contributed by atoms with Gasteiger partial charge < -0.3 is 25.0 Å². The van der Waals surface area contributed by atoms with Crippen molar-refractivity contribution in [3.63, 3.8) is 0 Å². The third kappa shape index (κ3) is 10.1. The van der Waals surface area contributed by atoms with Crippen LogP contribution in [0, 0.1) is 11.3 Å². The summed E-state index contributed by atoms with van der Waals surface area (Å²) in [6.07, 6.45) is 4.59. The van der Waals surface area contributed by atoms with E-state index in [1.807, 2.05) is 20.8 Å². The maximum atomic E-state index is 12.1. The van der Waals surface area contributed by atoms with Gasteiger partial charge in [-0.15, -0.1) is 24.0 Å². The average molecular weight is 512 g/mol. The van der Waals surface area contributed by atoms with Crippen molar-refractivity contribution >= 4 is 36.0 Å². The Morgan fingerprint density at radius 3 is 2.39 bits per heavy atom. The number of carbonyl (C=O) groups excluding carboxylic acids is 1. The third-order valence-electron chi connectivity index (χ3n) is 5.01. The Morgan fingerprint density at radius 1 is 1.29 bits per heavy atom. The lowest BCUT2D eigenvalue weighted by Crippen LogP contribution is -2.48. The third-order valence-corrected chi connectivity index (χ3v) is 5.01. The lowest BCUT2D eigenvalue weighted by atomic mass is 9.67. The minimum Gasteiger partial charge on any atom is -0.444 e. The van der Waals surface area contributed by atoms with Gasteiger partial charge in [0, 0.05) is 47.4 Å². The van der Waals surface area contributed by atoms with Crippen molar-refractivity contribution in [3.05, 3.63) is 0 Å². The summed E-state index contributed by atoms with van der Waals surface area (Å²) in [5.74, 6) is 1.08. The van der Waals surface area contributed by atoms with Gasteiger partial charge in [0.1, 0.15) is 5.60 Å². The number of methoxy groups -OCH3 is 1. The summed E-state index contributed by atoms with van der Waals surface area (Å²) in [6.45, 7) is 10.8. The fraction of sp³-hybridized carbons (Fsp3) is 0.900. The summed E-state index contributed by atoms with van der Waals surface area (Å²) >= 11 is 0. The summed E-state index contributed by atoms with van der Waals surface area (Å²) in [5.41, 5.74) is -0.130. The topological polar surface area (TPSA) is 75.2 Å². The van der Waals surface area contributed by atoms with E-state index in [-0.39, 0.29) is 36.0 Å². The molecule has 8 heteroatoms. The summed E-state index contributed by atoms with van der Waals surface area (Å²) in [7, 11) is 5.32. The van der Waals surface area contributed by atoms with Gasteiger partial charge >= 0.3 is 6.09 Å². The monoisotopic (exact) mass is 512 g/mol. The maximum Gasteiger partial charge on any atom is 0.410 e. The Balaban J connectivity index is 0.00000729. The molecule has 0 aromatic heterocycles. The molecule has 7 nitrogen and oxygen atoms in total. The van der Waals surface area contributed by atoms with Crippen molar-refractivity contribution < 1.29 is 14.3 Å². The van der Waals surface area contributed by atoms with Crippen LogP contribution in [0.2, 0.25) is 0 Å². The van der Waals surface area contributed by atoms with Crippen LogP contribution in [0.5, 0.6) is 0 Å². The number of nitrogens with one attached hydrogen (secondary N) is 2. The van der Waals surface area contributed by atoms with Crippen molar-refractivity contribution in [1.29, 1.82) is 0 Å². The normalized spacial score (nSPS) is 17.0. The molecule has 1 aliphatic rings. The highest BCUT2D eigenvalue weighted by Gasteiger charge is 2.36. The molecule has 1 rings (SSSR count). The molecule has 1 aliphatic carbocycles. The molecule has 0 radical (unpaired) electrons. The van der Waals surface area contributed by atoms with Crippen molar-refractivity contribution in [2.45, 2.75) is 59.0 Å². The van der Waals surface area contributed by atoms with Gasteiger partial charge in [0.15, 0.2) is 5.96 Å². The number of hydrogen-bond donors (Lipinski definition) is 2. The number of rotatable bonds is 9. The van der Waals surface area contributed by atoms with E-state index in [1.54, 1.807) is 26.1 Å². The molecule has 1 amide bonds. The highest BCUT2D eigenvalue weighted by Crippen LogP contribution is 2.43. The molecule has 1 saturated carbocycles. The second-order valence-corrected chi connectivity index (χ2v) is 8.87. The average Bonchev–Trinajstić information content (AvgIpc) is 2.54. The van der Waals surface area contributed by atoms with Gasteiger partial charge in [-0.05, 0) is 51.4 Å². The van der Waals surface area contributed by atoms with Gasteiger partial charge in [0.25, 0.3) is 0 Å². The lowest BCUT2D eigenvalue weighted by molar-refractivity contribution is 0.0277. The molecule has 0 saturated heterocycles. The van der Waals surface area contributed by atoms with E-state index in [4.69, 9.17) is 9.47 Å². The molecular weight excluding hydrogens is 471 g/mol. The van der Waals surface area contributed by atoms with E-state index < -0.39 is 5.60 Å². The van der Waals surface area contributed by atoms with Crippen LogP contribution in [0.25, 0.3) is 0 Å². The predicted octanol–water partition coefficient (Wildman–Crippen LogP) is 3.48. The minimum atomic E-state index is -0.473. The van der Waals surface area contributed by atoms with Crippen LogP contribution in [0.3, 0.4) is 0 Å². The Labute approximate surface area is 188 Å². The van der Waals surface area contributed by atoms with Crippen molar-refractivity contribution in [2.75, 3.05) is 47.4 Å². The van der Waals surface area contributed by atoms with Crippen molar-refractivity contribution in [2.24, 2.45) is 16.3 Å². The van der Waals surface area contributed by atoms with E-state index >= 15 is 0 Å². The Bertz CT molecular complexity index is 490. The van der Waals surface area contributed by atoms with Gasteiger partial charge in [0.05, 0.1) is 0 Å². The first-order chi connectivity index (χ1) is 12.6. The molecule has 0 heterocycles. The molecule has 0 aromatic rings. The van der Waals surface area contributed by atoms with Crippen LogP contribution in [0.15, 0.2) is 4.99 Å². The van der Waals surface area contributed by atoms with Crippen molar-refractivity contribution in [1.82, 2.24) is 15.5 Å². The van der Waals surface area contributed by atoms with Gasteiger partial charge in [-0.2, -0.15) is 0 Å². The zero-order valence-corrected chi connectivity index (χ0v) is 21.1. The standard InChI is InChI=1S/C20H40N4O3.HI/c1-16(14-24(6)18(25)27-19(2,3)4)13-22-17(21-5)23-15-20(9-8-10-20)11-12-26-7;/h16H,8-15H2,1-7H3,(H2,21,22,23);1H. The molecule has 0 bridgehead atoms. The van der Waals surface area contributed by atoms with Crippen LogP contribution < -0.4 is 10.6 Å². The number of guanidine groups is 1. The number of carbonyl (C=O) groups is 1. The zero-order valence-electron chi connectivity index (χ0n) is 18.8. The summed E-state index contributed by atoms with van der Waals surface area (Å²) in [4.78, 5) is 18.0. The Kier molecular flexibility index (Phi) is 12.4. The number of aliphatic imine (C=N–C) groups is 1. The summed E-state index contributed by atoms with van der Waals surface area (Å²) < 4.78 is 10.7.